The molecule has 0 aromatic heterocycles. The Hall–Kier alpha value is -1.35. The van der Waals surface area contributed by atoms with Gasteiger partial charge in [-0.2, -0.15) is 0 Å². The third kappa shape index (κ3) is 3.57. The molecule has 1 heterocycles. The largest absolute Gasteiger partial charge is 0.342 e. The van der Waals surface area contributed by atoms with E-state index in [0.717, 1.165) is 25.9 Å². The number of carbonyl (C=O) groups excluding carboxylic acids is 1. The molecule has 1 aliphatic heterocycles. The van der Waals surface area contributed by atoms with E-state index in [1.807, 2.05) is 4.90 Å². The lowest BCUT2D eigenvalue weighted by molar-refractivity contribution is -0.129. The second-order valence-electron chi connectivity index (χ2n) is 5.55. The number of nitrogens with one attached hydrogen (secondary N) is 1. The summed E-state index contributed by atoms with van der Waals surface area (Å²) in [7, 11) is 0. The van der Waals surface area contributed by atoms with Crippen molar-refractivity contribution in [3.63, 3.8) is 0 Å². The SMILES string of the molecule is Cc1ccc(C(C)NCC(=O)N2CCCC2)c(C)c1. The van der Waals surface area contributed by atoms with E-state index in [1.54, 1.807) is 0 Å². The van der Waals surface area contributed by atoms with Crippen LogP contribution in [0.25, 0.3) is 0 Å². The van der Waals surface area contributed by atoms with E-state index >= 15 is 0 Å². The standard InChI is InChI=1S/C16H24N2O/c1-12-6-7-15(13(2)10-12)14(3)17-11-16(19)18-8-4-5-9-18/h6-7,10,14,17H,4-5,8-9,11H2,1-3H3. The van der Waals surface area contributed by atoms with E-state index in [0.29, 0.717) is 6.54 Å². The van der Waals surface area contributed by atoms with Gasteiger partial charge in [-0.3, -0.25) is 4.79 Å². The molecule has 0 radical (unpaired) electrons. The summed E-state index contributed by atoms with van der Waals surface area (Å²) < 4.78 is 0. The van der Waals surface area contributed by atoms with Crippen LogP contribution in [0.3, 0.4) is 0 Å². The monoisotopic (exact) mass is 260 g/mol. The van der Waals surface area contributed by atoms with Gasteiger partial charge in [0.05, 0.1) is 6.54 Å². The van der Waals surface area contributed by atoms with Crippen LogP contribution in [0.4, 0.5) is 0 Å². The summed E-state index contributed by atoms with van der Waals surface area (Å²) in [5, 5.41) is 3.34. The van der Waals surface area contributed by atoms with Gasteiger partial charge < -0.3 is 10.2 Å². The maximum atomic E-state index is 12.0. The average Bonchev–Trinajstić information content (AvgIpc) is 2.89. The average molecular weight is 260 g/mol. The molecule has 19 heavy (non-hydrogen) atoms. The van der Waals surface area contributed by atoms with Gasteiger partial charge >= 0.3 is 0 Å². The molecule has 1 atom stereocenters. The molecule has 104 valence electrons. The van der Waals surface area contributed by atoms with Gasteiger partial charge in [0, 0.05) is 19.1 Å². The smallest absolute Gasteiger partial charge is 0.236 e. The molecule has 1 aromatic carbocycles. The van der Waals surface area contributed by atoms with Gasteiger partial charge in [-0.25, -0.2) is 0 Å². The highest BCUT2D eigenvalue weighted by molar-refractivity contribution is 5.78. The van der Waals surface area contributed by atoms with E-state index in [1.165, 1.54) is 16.7 Å². The van der Waals surface area contributed by atoms with Crippen LogP contribution in [0.5, 0.6) is 0 Å². The summed E-state index contributed by atoms with van der Waals surface area (Å²) in [6.07, 6.45) is 2.30. The Kier molecular flexibility index (Phi) is 4.59. The number of carbonyl (C=O) groups is 1. The van der Waals surface area contributed by atoms with Crippen molar-refractivity contribution in [2.45, 2.75) is 39.7 Å². The van der Waals surface area contributed by atoms with Crippen molar-refractivity contribution < 1.29 is 4.79 Å². The first-order valence-corrected chi connectivity index (χ1v) is 7.16. The Balaban J connectivity index is 1.89. The minimum atomic E-state index is 0.215. The molecule has 1 unspecified atom stereocenters. The van der Waals surface area contributed by atoms with Crippen LogP contribution < -0.4 is 5.32 Å². The third-order valence-corrected chi connectivity index (χ3v) is 3.91. The second kappa shape index (κ2) is 6.20. The zero-order chi connectivity index (χ0) is 13.8. The normalized spacial score (nSPS) is 16.7. The predicted octanol–water partition coefficient (Wildman–Crippen LogP) is 2.58. The Bertz CT molecular complexity index is 450. The van der Waals surface area contributed by atoms with E-state index in [9.17, 15) is 4.79 Å². The van der Waals surface area contributed by atoms with Crippen LogP contribution in [-0.2, 0) is 4.79 Å². The van der Waals surface area contributed by atoms with Gasteiger partial charge in [-0.05, 0) is 44.7 Å². The number of nitrogens with zero attached hydrogens (tertiary/aromatic N) is 1. The number of benzene rings is 1. The molecule has 3 nitrogen and oxygen atoms in total. The number of amides is 1. The van der Waals surface area contributed by atoms with E-state index in [4.69, 9.17) is 0 Å². The Morgan fingerprint density at radius 3 is 2.63 bits per heavy atom. The third-order valence-electron chi connectivity index (χ3n) is 3.91. The molecule has 0 saturated carbocycles. The molecule has 1 fully saturated rings. The maximum Gasteiger partial charge on any atom is 0.236 e. The van der Waals surface area contributed by atoms with Crippen molar-refractivity contribution in [1.29, 1.82) is 0 Å². The Labute approximate surface area is 116 Å². The van der Waals surface area contributed by atoms with Gasteiger partial charge in [0.25, 0.3) is 0 Å². The van der Waals surface area contributed by atoms with E-state index < -0.39 is 0 Å². The van der Waals surface area contributed by atoms with E-state index in [-0.39, 0.29) is 11.9 Å². The minimum absolute atomic E-state index is 0.215. The van der Waals surface area contributed by atoms with Gasteiger partial charge in [-0.15, -0.1) is 0 Å². The molecule has 1 aliphatic rings. The van der Waals surface area contributed by atoms with Crippen molar-refractivity contribution in [3.05, 3.63) is 34.9 Å². The van der Waals surface area contributed by atoms with Crippen LogP contribution in [0.15, 0.2) is 18.2 Å². The quantitative estimate of drug-likeness (QED) is 0.902. The summed E-state index contributed by atoms with van der Waals surface area (Å²) in [5.74, 6) is 0.231. The molecule has 1 aromatic rings. The number of aryl methyl sites for hydroxylation is 2. The summed E-state index contributed by atoms with van der Waals surface area (Å²) in [6.45, 7) is 8.65. The Morgan fingerprint density at radius 2 is 2.00 bits per heavy atom. The fourth-order valence-electron chi connectivity index (χ4n) is 2.74. The molecule has 0 aliphatic carbocycles. The van der Waals surface area contributed by atoms with Gasteiger partial charge in [-0.1, -0.05) is 23.8 Å². The van der Waals surface area contributed by atoms with Crippen molar-refractivity contribution >= 4 is 5.91 Å². The predicted molar refractivity (Wildman–Crippen MR) is 78.1 cm³/mol. The highest BCUT2D eigenvalue weighted by atomic mass is 16.2. The van der Waals surface area contributed by atoms with Crippen molar-refractivity contribution in [2.75, 3.05) is 19.6 Å². The fraction of sp³-hybridized carbons (Fsp3) is 0.562. The molecule has 1 amide bonds. The molecule has 0 spiro atoms. The van der Waals surface area contributed by atoms with Crippen molar-refractivity contribution in [3.8, 4) is 0 Å². The summed E-state index contributed by atoms with van der Waals surface area (Å²) >= 11 is 0. The number of rotatable bonds is 4. The highest BCUT2D eigenvalue weighted by Gasteiger charge is 2.18. The topological polar surface area (TPSA) is 32.3 Å². The van der Waals surface area contributed by atoms with Gasteiger partial charge in [0.15, 0.2) is 0 Å². The molecule has 1 N–H and O–H groups in total. The van der Waals surface area contributed by atoms with Crippen LogP contribution in [0.1, 0.15) is 42.5 Å². The molecule has 0 bridgehead atoms. The second-order valence-corrected chi connectivity index (χ2v) is 5.55. The maximum absolute atomic E-state index is 12.0. The molecule has 3 heteroatoms. The fourth-order valence-corrected chi connectivity index (χ4v) is 2.74. The van der Waals surface area contributed by atoms with Gasteiger partial charge in [0.1, 0.15) is 0 Å². The molecule has 2 rings (SSSR count). The van der Waals surface area contributed by atoms with Crippen molar-refractivity contribution in [1.82, 2.24) is 10.2 Å². The minimum Gasteiger partial charge on any atom is -0.342 e. The Morgan fingerprint density at radius 1 is 1.32 bits per heavy atom. The summed E-state index contributed by atoms with van der Waals surface area (Å²) in [5.41, 5.74) is 3.84. The molecular weight excluding hydrogens is 236 g/mol. The zero-order valence-electron chi connectivity index (χ0n) is 12.2. The zero-order valence-corrected chi connectivity index (χ0v) is 12.2. The molecule has 1 saturated heterocycles. The number of hydrogen-bond acceptors (Lipinski definition) is 2. The van der Waals surface area contributed by atoms with Crippen LogP contribution in [-0.4, -0.2) is 30.4 Å². The lowest BCUT2D eigenvalue weighted by atomic mass is 10.0. The van der Waals surface area contributed by atoms with Crippen LogP contribution >= 0.6 is 0 Å². The van der Waals surface area contributed by atoms with Crippen molar-refractivity contribution in [2.24, 2.45) is 0 Å². The van der Waals surface area contributed by atoms with Crippen LogP contribution in [0, 0.1) is 13.8 Å². The van der Waals surface area contributed by atoms with Crippen LogP contribution in [0.2, 0.25) is 0 Å². The first-order chi connectivity index (χ1) is 9.08. The first-order valence-electron chi connectivity index (χ1n) is 7.16. The van der Waals surface area contributed by atoms with E-state index in [2.05, 4.69) is 44.3 Å². The lowest BCUT2D eigenvalue weighted by Gasteiger charge is -2.20. The van der Waals surface area contributed by atoms with Gasteiger partial charge in [0.2, 0.25) is 5.91 Å². The molecular formula is C16H24N2O. The lowest BCUT2D eigenvalue weighted by Crippen LogP contribution is -2.37. The summed E-state index contributed by atoms with van der Waals surface area (Å²) in [6, 6.07) is 6.69. The first kappa shape index (κ1) is 14.1. The summed E-state index contributed by atoms with van der Waals surface area (Å²) in [4.78, 5) is 13.9. The highest BCUT2D eigenvalue weighted by Crippen LogP contribution is 2.18. The number of hydrogen-bond donors (Lipinski definition) is 1. The number of likely N-dealkylation sites (tertiary alicyclic amines) is 1.